The fourth-order valence-electron chi connectivity index (χ4n) is 2.78. The Morgan fingerprint density at radius 3 is 2.15 bits per heavy atom. The van der Waals surface area contributed by atoms with Gasteiger partial charge in [-0.15, -0.1) is 0 Å². The summed E-state index contributed by atoms with van der Waals surface area (Å²) in [4.78, 5) is 28.2. The molecule has 0 aliphatic heterocycles. The van der Waals surface area contributed by atoms with E-state index in [4.69, 9.17) is 4.74 Å². The van der Waals surface area contributed by atoms with Gasteiger partial charge in [-0.25, -0.2) is 0 Å². The lowest BCUT2D eigenvalue weighted by Crippen LogP contribution is -2.42. The molecule has 0 saturated carbocycles. The average molecular weight is 368 g/mol. The quantitative estimate of drug-likeness (QED) is 0.711. The van der Waals surface area contributed by atoms with E-state index < -0.39 is 0 Å². The van der Waals surface area contributed by atoms with E-state index in [1.165, 1.54) is 11.8 Å². The second-order valence-electron chi connectivity index (χ2n) is 6.66. The second kappa shape index (κ2) is 9.76. The molecule has 0 aliphatic carbocycles. The average Bonchev–Trinajstić information content (AvgIpc) is 2.65. The lowest BCUT2D eigenvalue weighted by Gasteiger charge is -2.26. The van der Waals surface area contributed by atoms with Gasteiger partial charge in [-0.2, -0.15) is 0 Å². The van der Waals surface area contributed by atoms with Crippen LogP contribution < -0.4 is 9.64 Å². The number of amides is 2. The van der Waals surface area contributed by atoms with Gasteiger partial charge in [0.1, 0.15) is 12.3 Å². The Kier molecular flexibility index (Phi) is 7.41. The van der Waals surface area contributed by atoms with Crippen molar-refractivity contribution in [3.05, 3.63) is 60.2 Å². The molecule has 0 saturated heterocycles. The summed E-state index contributed by atoms with van der Waals surface area (Å²) < 4.78 is 5.63. The third-order valence-electron chi connectivity index (χ3n) is 4.14. The van der Waals surface area contributed by atoms with Crippen molar-refractivity contribution in [1.82, 2.24) is 4.90 Å². The Bertz CT molecular complexity index is 742. The molecule has 0 bridgehead atoms. The number of hydrogen-bond acceptors (Lipinski definition) is 3. The number of likely N-dealkylation sites (N-methyl/N-ethyl adjacent to an activating group) is 1. The molecule has 0 aromatic heterocycles. The maximum atomic E-state index is 12.8. The van der Waals surface area contributed by atoms with Crippen LogP contribution >= 0.6 is 0 Å². The molecule has 27 heavy (non-hydrogen) atoms. The Hall–Kier alpha value is -2.82. The molecule has 0 N–H and O–H groups in total. The maximum Gasteiger partial charge on any atom is 0.242 e. The molecule has 2 aromatic carbocycles. The SMILES string of the molecule is CCN(Cc1ccccc1)C(=O)CN(C(C)=O)c1ccc(OC(C)C)cc1. The molecule has 0 aliphatic rings. The molecular formula is C22H28N2O3. The molecule has 144 valence electrons. The first-order valence-corrected chi connectivity index (χ1v) is 9.27. The van der Waals surface area contributed by atoms with Crippen LogP contribution in [-0.2, 0) is 16.1 Å². The lowest BCUT2D eigenvalue weighted by molar-refractivity contribution is -0.131. The van der Waals surface area contributed by atoms with E-state index in [-0.39, 0.29) is 24.5 Å². The zero-order valence-electron chi connectivity index (χ0n) is 16.5. The van der Waals surface area contributed by atoms with Crippen LogP contribution in [-0.4, -0.2) is 35.9 Å². The van der Waals surface area contributed by atoms with E-state index in [0.717, 1.165) is 11.3 Å². The van der Waals surface area contributed by atoms with E-state index in [1.54, 1.807) is 17.0 Å². The summed E-state index contributed by atoms with van der Waals surface area (Å²) >= 11 is 0. The normalized spacial score (nSPS) is 10.6. The third kappa shape index (κ3) is 6.13. The minimum atomic E-state index is -0.170. The van der Waals surface area contributed by atoms with Gasteiger partial charge in [0.25, 0.3) is 0 Å². The summed E-state index contributed by atoms with van der Waals surface area (Å²) in [7, 11) is 0. The van der Waals surface area contributed by atoms with Crippen LogP contribution in [0.3, 0.4) is 0 Å². The van der Waals surface area contributed by atoms with Crippen LogP contribution in [0.1, 0.15) is 33.3 Å². The monoisotopic (exact) mass is 368 g/mol. The van der Waals surface area contributed by atoms with Gasteiger partial charge in [-0.1, -0.05) is 30.3 Å². The van der Waals surface area contributed by atoms with Crippen molar-refractivity contribution < 1.29 is 14.3 Å². The molecule has 0 spiro atoms. The summed E-state index contributed by atoms with van der Waals surface area (Å²) in [5, 5.41) is 0. The Morgan fingerprint density at radius 1 is 1.00 bits per heavy atom. The highest BCUT2D eigenvalue weighted by Gasteiger charge is 2.20. The summed E-state index contributed by atoms with van der Waals surface area (Å²) in [5.74, 6) is 0.485. The molecule has 0 unspecified atom stereocenters. The third-order valence-corrected chi connectivity index (χ3v) is 4.14. The van der Waals surface area contributed by atoms with Gasteiger partial charge in [0.15, 0.2) is 0 Å². The first-order chi connectivity index (χ1) is 12.9. The molecular weight excluding hydrogens is 340 g/mol. The van der Waals surface area contributed by atoms with Gasteiger partial charge in [0.2, 0.25) is 11.8 Å². The van der Waals surface area contributed by atoms with E-state index in [0.29, 0.717) is 18.8 Å². The van der Waals surface area contributed by atoms with Crippen molar-refractivity contribution in [3.8, 4) is 5.75 Å². The number of hydrogen-bond donors (Lipinski definition) is 0. The van der Waals surface area contributed by atoms with Crippen LogP contribution in [0.2, 0.25) is 0 Å². The van der Waals surface area contributed by atoms with Gasteiger partial charge >= 0.3 is 0 Å². The Labute approximate surface area is 161 Å². The van der Waals surface area contributed by atoms with Crippen LogP contribution in [0.5, 0.6) is 5.75 Å². The number of carbonyl (C=O) groups is 2. The standard InChI is InChI=1S/C22H28N2O3/c1-5-23(15-19-9-7-6-8-10-19)22(26)16-24(18(4)25)20-11-13-21(14-12-20)27-17(2)3/h6-14,17H,5,15-16H2,1-4H3. The summed E-state index contributed by atoms with van der Waals surface area (Å²) in [6.07, 6.45) is 0.0810. The highest BCUT2D eigenvalue weighted by Crippen LogP contribution is 2.21. The van der Waals surface area contributed by atoms with E-state index in [2.05, 4.69) is 0 Å². The Morgan fingerprint density at radius 2 is 1.63 bits per heavy atom. The first-order valence-electron chi connectivity index (χ1n) is 9.27. The van der Waals surface area contributed by atoms with Gasteiger partial charge in [-0.3, -0.25) is 9.59 Å². The number of benzene rings is 2. The Balaban J connectivity index is 2.09. The van der Waals surface area contributed by atoms with Gasteiger partial charge < -0.3 is 14.5 Å². The van der Waals surface area contributed by atoms with Crippen molar-refractivity contribution in [2.45, 2.75) is 40.3 Å². The highest BCUT2D eigenvalue weighted by molar-refractivity contribution is 5.97. The molecule has 0 heterocycles. The highest BCUT2D eigenvalue weighted by atomic mass is 16.5. The topological polar surface area (TPSA) is 49.9 Å². The van der Waals surface area contributed by atoms with Crippen LogP contribution in [0.4, 0.5) is 5.69 Å². The van der Waals surface area contributed by atoms with Gasteiger partial charge in [-0.05, 0) is 50.6 Å². The van der Waals surface area contributed by atoms with E-state index >= 15 is 0 Å². The maximum absolute atomic E-state index is 12.8. The minimum absolute atomic E-state index is 0.0143. The molecule has 5 heteroatoms. The summed E-state index contributed by atoms with van der Waals surface area (Å²) in [5.41, 5.74) is 1.75. The molecule has 0 atom stereocenters. The van der Waals surface area contributed by atoms with E-state index in [9.17, 15) is 9.59 Å². The predicted octanol–water partition coefficient (Wildman–Crippen LogP) is 3.88. The summed E-state index contributed by atoms with van der Waals surface area (Å²) in [6, 6.07) is 17.1. The van der Waals surface area contributed by atoms with Crippen LogP contribution in [0.15, 0.2) is 54.6 Å². The van der Waals surface area contributed by atoms with Gasteiger partial charge in [0.05, 0.1) is 6.10 Å². The van der Waals surface area contributed by atoms with Crippen molar-refractivity contribution in [3.63, 3.8) is 0 Å². The smallest absolute Gasteiger partial charge is 0.242 e. The largest absolute Gasteiger partial charge is 0.491 e. The van der Waals surface area contributed by atoms with Crippen molar-refractivity contribution in [2.75, 3.05) is 18.0 Å². The number of anilines is 1. The molecule has 2 amide bonds. The lowest BCUT2D eigenvalue weighted by atomic mass is 10.2. The molecule has 5 nitrogen and oxygen atoms in total. The zero-order valence-corrected chi connectivity index (χ0v) is 16.5. The van der Waals surface area contributed by atoms with Crippen LogP contribution in [0.25, 0.3) is 0 Å². The number of ether oxygens (including phenoxy) is 1. The van der Waals surface area contributed by atoms with Crippen LogP contribution in [0, 0.1) is 0 Å². The predicted molar refractivity (Wildman–Crippen MR) is 108 cm³/mol. The summed E-state index contributed by atoms with van der Waals surface area (Å²) in [6.45, 7) is 8.46. The fraction of sp³-hybridized carbons (Fsp3) is 0.364. The fourth-order valence-corrected chi connectivity index (χ4v) is 2.78. The first kappa shape index (κ1) is 20.5. The number of carbonyl (C=O) groups excluding carboxylic acids is 2. The van der Waals surface area contributed by atoms with Gasteiger partial charge in [0, 0.05) is 25.7 Å². The number of nitrogens with zero attached hydrogens (tertiary/aromatic N) is 2. The van der Waals surface area contributed by atoms with Crippen molar-refractivity contribution in [2.24, 2.45) is 0 Å². The van der Waals surface area contributed by atoms with Crippen molar-refractivity contribution in [1.29, 1.82) is 0 Å². The molecule has 0 radical (unpaired) electrons. The number of rotatable bonds is 8. The molecule has 2 aromatic rings. The zero-order chi connectivity index (χ0) is 19.8. The van der Waals surface area contributed by atoms with Crippen molar-refractivity contribution >= 4 is 17.5 Å². The van der Waals surface area contributed by atoms with E-state index in [1.807, 2.05) is 63.2 Å². The molecule has 0 fully saturated rings. The minimum Gasteiger partial charge on any atom is -0.491 e. The molecule has 2 rings (SSSR count). The second-order valence-corrected chi connectivity index (χ2v) is 6.66.